The van der Waals surface area contributed by atoms with E-state index in [0.717, 1.165) is 13.0 Å². The van der Waals surface area contributed by atoms with Gasteiger partial charge in [0, 0.05) is 12.6 Å². The highest BCUT2D eigenvalue weighted by Gasteiger charge is 2.08. The molecule has 132 valence electrons. The van der Waals surface area contributed by atoms with Crippen LogP contribution in [0.15, 0.2) is 36.4 Å². The molecule has 0 radical (unpaired) electrons. The Bertz CT molecular complexity index is 624. The Labute approximate surface area is 145 Å². The zero-order valence-electron chi connectivity index (χ0n) is 15.3. The molecule has 0 heterocycles. The maximum absolute atomic E-state index is 12.9. The lowest BCUT2D eigenvalue weighted by Gasteiger charge is -2.12. The Morgan fingerprint density at radius 2 is 1.79 bits per heavy atom. The third kappa shape index (κ3) is 6.11. The third-order valence-electron chi connectivity index (χ3n) is 3.61. The van der Waals surface area contributed by atoms with Gasteiger partial charge < -0.3 is 15.8 Å². The lowest BCUT2D eigenvalue weighted by molar-refractivity contribution is 0.413. The van der Waals surface area contributed by atoms with E-state index >= 15 is 0 Å². The van der Waals surface area contributed by atoms with E-state index in [1.54, 1.807) is 0 Å². The van der Waals surface area contributed by atoms with Crippen molar-refractivity contribution in [2.45, 2.75) is 40.0 Å². The van der Waals surface area contributed by atoms with Gasteiger partial charge in [-0.05, 0) is 30.9 Å². The lowest BCUT2D eigenvalue weighted by Crippen LogP contribution is -2.05. The average molecular weight is 332 g/mol. The summed E-state index contributed by atoms with van der Waals surface area (Å²) in [4.78, 5) is 0. The Hall–Kier alpha value is -2.23. The van der Waals surface area contributed by atoms with Crippen molar-refractivity contribution < 1.29 is 9.13 Å². The van der Waals surface area contributed by atoms with Crippen molar-refractivity contribution >= 4 is 11.4 Å². The quantitative estimate of drug-likeness (QED) is 0.725. The van der Waals surface area contributed by atoms with Crippen LogP contribution in [0.3, 0.4) is 0 Å². The van der Waals surface area contributed by atoms with Crippen molar-refractivity contribution in [2.24, 2.45) is 0 Å². The van der Waals surface area contributed by atoms with Crippen LogP contribution in [0.4, 0.5) is 15.8 Å². The fraction of sp³-hybridized carbons (Fsp3) is 0.400. The van der Waals surface area contributed by atoms with Gasteiger partial charge in [-0.3, -0.25) is 0 Å². The zero-order chi connectivity index (χ0) is 18.1. The summed E-state index contributed by atoms with van der Waals surface area (Å²) in [5.74, 6) is 0.706. The molecule has 0 aliphatic heterocycles. The van der Waals surface area contributed by atoms with Crippen molar-refractivity contribution in [3.63, 3.8) is 0 Å². The summed E-state index contributed by atoms with van der Waals surface area (Å²) in [6, 6.07) is 11.3. The van der Waals surface area contributed by atoms with E-state index in [1.165, 1.54) is 30.4 Å². The van der Waals surface area contributed by atoms with Crippen molar-refractivity contribution in [1.82, 2.24) is 0 Å². The minimum Gasteiger partial charge on any atom is -0.494 e. The van der Waals surface area contributed by atoms with Crippen LogP contribution >= 0.6 is 0 Å². The van der Waals surface area contributed by atoms with E-state index in [-0.39, 0.29) is 5.82 Å². The monoisotopic (exact) mass is 332 g/mol. The Morgan fingerprint density at radius 1 is 1.17 bits per heavy atom. The molecule has 24 heavy (non-hydrogen) atoms. The molecule has 0 unspecified atom stereocenters. The summed E-state index contributed by atoms with van der Waals surface area (Å²) in [5.41, 5.74) is 9.45. The van der Waals surface area contributed by atoms with Gasteiger partial charge in [0.05, 0.1) is 12.8 Å². The van der Waals surface area contributed by atoms with E-state index in [4.69, 9.17) is 10.5 Å². The predicted molar refractivity (Wildman–Crippen MR) is 101 cm³/mol. The number of ether oxygens (including phenoxy) is 1. The number of nitrogens with one attached hydrogen (secondary N) is 1. The van der Waals surface area contributed by atoms with Gasteiger partial charge in [0.25, 0.3) is 0 Å². The Morgan fingerprint density at radius 3 is 2.29 bits per heavy atom. The molecule has 0 atom stereocenters. The number of nitrogens with two attached hydrogens (primary N) is 1. The molecule has 0 bridgehead atoms. The number of anilines is 2. The lowest BCUT2D eigenvalue weighted by atomic mass is 10.0. The second kappa shape index (κ2) is 9.81. The number of aryl methyl sites for hydroxylation is 1. The number of hydrogen-bond acceptors (Lipinski definition) is 3. The molecule has 2 aromatic carbocycles. The molecule has 4 heteroatoms. The van der Waals surface area contributed by atoms with Crippen LogP contribution in [-0.2, 0) is 0 Å². The highest BCUT2D eigenvalue weighted by Crippen LogP contribution is 2.31. The topological polar surface area (TPSA) is 47.3 Å². The van der Waals surface area contributed by atoms with Gasteiger partial charge in [0.1, 0.15) is 17.3 Å². The van der Waals surface area contributed by atoms with E-state index in [2.05, 4.69) is 50.4 Å². The molecule has 0 spiro atoms. The Balaban J connectivity index is 0.000000254. The smallest absolute Gasteiger partial charge is 0.146 e. The number of hydrogen-bond donors (Lipinski definition) is 2. The second-order valence-electron chi connectivity index (χ2n) is 6.06. The maximum Gasteiger partial charge on any atom is 0.146 e. The second-order valence-corrected chi connectivity index (χ2v) is 6.06. The van der Waals surface area contributed by atoms with Gasteiger partial charge >= 0.3 is 0 Å². The molecule has 0 aliphatic rings. The first-order chi connectivity index (χ1) is 11.4. The summed E-state index contributed by atoms with van der Waals surface area (Å²) in [5, 5.41) is 3.09. The van der Waals surface area contributed by atoms with Crippen molar-refractivity contribution in [3.05, 3.63) is 53.3 Å². The van der Waals surface area contributed by atoms with Crippen LogP contribution in [0.1, 0.15) is 44.2 Å². The van der Waals surface area contributed by atoms with Gasteiger partial charge in [-0.15, -0.1) is 0 Å². The standard InChI is InChI=1S/C10H15FN2O.C10H14/c1-3-4-13-10-8(12)5-7(11)6-9(10)14-2;1-8(2)10-6-4-9(3)5-7-10/h5-6,13H,3-4,12H2,1-2H3;4-8H,1-3H3. The number of nitrogen functional groups attached to an aromatic ring is 1. The van der Waals surface area contributed by atoms with Gasteiger partial charge in [0.15, 0.2) is 0 Å². The van der Waals surface area contributed by atoms with Gasteiger partial charge in [-0.1, -0.05) is 50.6 Å². The van der Waals surface area contributed by atoms with E-state index in [9.17, 15) is 4.39 Å². The van der Waals surface area contributed by atoms with Gasteiger partial charge in [0.2, 0.25) is 0 Å². The molecule has 0 saturated heterocycles. The van der Waals surface area contributed by atoms with Crippen LogP contribution in [-0.4, -0.2) is 13.7 Å². The molecule has 3 N–H and O–H groups in total. The molecular formula is C20H29FN2O. The maximum atomic E-state index is 12.9. The van der Waals surface area contributed by atoms with E-state index in [1.807, 2.05) is 6.92 Å². The van der Waals surface area contributed by atoms with Crippen LogP contribution in [0.2, 0.25) is 0 Å². The fourth-order valence-corrected chi connectivity index (χ4v) is 2.15. The first kappa shape index (κ1) is 19.8. The molecule has 0 amide bonds. The summed E-state index contributed by atoms with van der Waals surface area (Å²) in [7, 11) is 1.49. The fourth-order valence-electron chi connectivity index (χ4n) is 2.15. The molecule has 0 aromatic heterocycles. The number of benzene rings is 2. The van der Waals surface area contributed by atoms with Crippen LogP contribution in [0.25, 0.3) is 0 Å². The van der Waals surface area contributed by atoms with Crippen molar-refractivity contribution in [1.29, 1.82) is 0 Å². The largest absolute Gasteiger partial charge is 0.494 e. The third-order valence-corrected chi connectivity index (χ3v) is 3.61. The molecule has 0 saturated carbocycles. The molecule has 2 rings (SSSR count). The number of halogens is 1. The SMILES string of the molecule is CCCNc1c(N)cc(F)cc1OC.Cc1ccc(C(C)C)cc1. The van der Waals surface area contributed by atoms with Crippen LogP contribution < -0.4 is 15.8 Å². The van der Waals surface area contributed by atoms with Gasteiger partial charge in [-0.25, -0.2) is 4.39 Å². The molecule has 3 nitrogen and oxygen atoms in total. The Kier molecular flexibility index (Phi) is 8.10. The first-order valence-electron chi connectivity index (χ1n) is 8.32. The van der Waals surface area contributed by atoms with E-state index in [0.29, 0.717) is 23.0 Å². The van der Waals surface area contributed by atoms with Crippen LogP contribution in [0.5, 0.6) is 5.75 Å². The van der Waals surface area contributed by atoms with Gasteiger partial charge in [-0.2, -0.15) is 0 Å². The molecule has 2 aromatic rings. The highest BCUT2D eigenvalue weighted by atomic mass is 19.1. The van der Waals surface area contributed by atoms with E-state index < -0.39 is 0 Å². The minimum atomic E-state index is -0.388. The zero-order valence-corrected chi connectivity index (χ0v) is 15.3. The molecule has 0 aliphatic carbocycles. The van der Waals surface area contributed by atoms with Crippen molar-refractivity contribution in [3.8, 4) is 5.75 Å². The summed E-state index contributed by atoms with van der Waals surface area (Å²) >= 11 is 0. The minimum absolute atomic E-state index is 0.371. The number of methoxy groups -OCH3 is 1. The first-order valence-corrected chi connectivity index (χ1v) is 8.32. The molecule has 0 fully saturated rings. The summed E-state index contributed by atoms with van der Waals surface area (Å²) < 4.78 is 18.0. The number of rotatable bonds is 5. The van der Waals surface area contributed by atoms with Crippen molar-refractivity contribution in [2.75, 3.05) is 24.7 Å². The molecular weight excluding hydrogens is 303 g/mol. The van der Waals surface area contributed by atoms with Crippen LogP contribution in [0, 0.1) is 12.7 Å². The summed E-state index contributed by atoms with van der Waals surface area (Å²) in [6.07, 6.45) is 0.972. The average Bonchev–Trinajstić information content (AvgIpc) is 2.54. The summed E-state index contributed by atoms with van der Waals surface area (Å²) in [6.45, 7) is 9.37. The predicted octanol–water partition coefficient (Wildman–Crippen LogP) is 5.36. The normalized spacial score (nSPS) is 10.1. The highest BCUT2D eigenvalue weighted by molar-refractivity contribution is 5.73.